The molecule has 0 saturated carbocycles. The minimum absolute atomic E-state index is 0.0140. The Morgan fingerprint density at radius 3 is 2.57 bits per heavy atom. The fraction of sp³-hybridized carbons (Fsp3) is 0.200. The Balaban J connectivity index is 1.58. The van der Waals surface area contributed by atoms with Gasteiger partial charge in [0, 0.05) is 18.5 Å². The van der Waals surface area contributed by atoms with Gasteiger partial charge >= 0.3 is 0 Å². The second-order valence-electron chi connectivity index (χ2n) is 6.32. The third kappa shape index (κ3) is 4.63. The van der Waals surface area contributed by atoms with Gasteiger partial charge in [0.1, 0.15) is 17.7 Å². The minimum Gasteiger partial charge on any atom is -0.369 e. The molecule has 0 unspecified atom stereocenters. The number of aromatic nitrogens is 1. The van der Waals surface area contributed by atoms with Crippen LogP contribution >= 0.6 is 0 Å². The first-order valence-electron chi connectivity index (χ1n) is 8.70. The van der Waals surface area contributed by atoms with Crippen LogP contribution in [-0.4, -0.2) is 26.5 Å². The third-order valence-corrected chi connectivity index (χ3v) is 5.63. The lowest BCUT2D eigenvalue weighted by Gasteiger charge is -2.10. The Morgan fingerprint density at radius 1 is 1.11 bits per heavy atom. The predicted molar refractivity (Wildman–Crippen MR) is 106 cm³/mol. The summed E-state index contributed by atoms with van der Waals surface area (Å²) in [7, 11) is -3.68. The Hall–Kier alpha value is -3.02. The number of rotatable bonds is 7. The molecular formula is C20H19FN4O2S. The Kier molecular flexibility index (Phi) is 5.87. The smallest absolute Gasteiger partial charge is 0.240 e. The molecule has 1 heterocycles. The van der Waals surface area contributed by atoms with Crippen LogP contribution in [0.3, 0.4) is 0 Å². The van der Waals surface area contributed by atoms with Gasteiger partial charge in [-0.2, -0.15) is 5.26 Å². The molecule has 0 atom stereocenters. The van der Waals surface area contributed by atoms with Gasteiger partial charge in [0.05, 0.1) is 16.0 Å². The van der Waals surface area contributed by atoms with Gasteiger partial charge in [0.15, 0.2) is 0 Å². The molecular weight excluding hydrogens is 379 g/mol. The highest BCUT2D eigenvalue weighted by atomic mass is 32.2. The largest absolute Gasteiger partial charge is 0.369 e. The summed E-state index contributed by atoms with van der Waals surface area (Å²) in [5.41, 5.74) is 2.31. The molecule has 0 aliphatic heterocycles. The van der Waals surface area contributed by atoms with Gasteiger partial charge in [-0.1, -0.05) is 11.6 Å². The lowest BCUT2D eigenvalue weighted by molar-refractivity contribution is 0.579. The van der Waals surface area contributed by atoms with Crippen molar-refractivity contribution in [2.24, 2.45) is 0 Å². The van der Waals surface area contributed by atoms with E-state index in [4.69, 9.17) is 0 Å². The molecule has 0 aliphatic carbocycles. The summed E-state index contributed by atoms with van der Waals surface area (Å²) in [5.74, 6) is -0.0188. The number of halogens is 1. The van der Waals surface area contributed by atoms with Crippen LogP contribution in [0.4, 0.5) is 10.2 Å². The number of benzene rings is 2. The SMILES string of the molecule is Cc1ccc2nc(NCCCNS(=O)(=O)c3ccc(F)cc3)c(C#N)cc2c1. The molecule has 3 aromatic rings. The number of hydrogen-bond acceptors (Lipinski definition) is 5. The number of nitrogens with one attached hydrogen (secondary N) is 2. The molecule has 1 aromatic heterocycles. The molecule has 28 heavy (non-hydrogen) atoms. The third-order valence-electron chi connectivity index (χ3n) is 4.15. The maximum absolute atomic E-state index is 12.9. The van der Waals surface area contributed by atoms with Crippen molar-refractivity contribution in [2.45, 2.75) is 18.2 Å². The Bertz CT molecular complexity index is 1140. The van der Waals surface area contributed by atoms with Crippen molar-refractivity contribution in [1.82, 2.24) is 9.71 Å². The molecule has 144 valence electrons. The van der Waals surface area contributed by atoms with Crippen LogP contribution in [0.1, 0.15) is 17.5 Å². The zero-order valence-electron chi connectivity index (χ0n) is 15.2. The second kappa shape index (κ2) is 8.33. The quantitative estimate of drug-likeness (QED) is 0.595. The summed E-state index contributed by atoms with van der Waals surface area (Å²) in [4.78, 5) is 4.50. The standard InChI is InChI=1S/C20H19FN4O2S/c1-14-3-8-19-15(11-14)12-16(13-22)20(25-19)23-9-2-10-24-28(26,27)18-6-4-17(21)5-7-18/h3-8,11-12,24H,2,9-10H2,1H3,(H,23,25). The van der Waals surface area contributed by atoms with Crippen LogP contribution in [0.2, 0.25) is 0 Å². The van der Waals surface area contributed by atoms with Gasteiger partial charge in [-0.05, 0) is 55.8 Å². The van der Waals surface area contributed by atoms with Crippen LogP contribution in [0.5, 0.6) is 0 Å². The van der Waals surface area contributed by atoms with E-state index in [1.165, 1.54) is 12.1 Å². The first-order chi connectivity index (χ1) is 13.4. The molecule has 0 saturated heterocycles. The van der Waals surface area contributed by atoms with Gasteiger partial charge in [0.25, 0.3) is 0 Å². The van der Waals surface area contributed by atoms with Gasteiger partial charge < -0.3 is 5.32 Å². The number of nitriles is 1. The summed E-state index contributed by atoms with van der Waals surface area (Å²) in [6.07, 6.45) is 0.485. The molecule has 0 spiro atoms. The van der Waals surface area contributed by atoms with Crippen molar-refractivity contribution in [3.05, 3.63) is 65.5 Å². The molecule has 0 fully saturated rings. The fourth-order valence-corrected chi connectivity index (χ4v) is 3.79. The van der Waals surface area contributed by atoms with Gasteiger partial charge in [-0.3, -0.25) is 0 Å². The summed E-state index contributed by atoms with van der Waals surface area (Å²) < 4.78 is 39.7. The van der Waals surface area contributed by atoms with Gasteiger partial charge in [-0.25, -0.2) is 22.5 Å². The maximum Gasteiger partial charge on any atom is 0.240 e. The highest BCUT2D eigenvalue weighted by molar-refractivity contribution is 7.89. The maximum atomic E-state index is 12.9. The summed E-state index contributed by atoms with van der Waals surface area (Å²) in [6.45, 7) is 2.61. The van der Waals surface area contributed by atoms with Crippen molar-refractivity contribution < 1.29 is 12.8 Å². The number of fused-ring (bicyclic) bond motifs is 1. The number of sulfonamides is 1. The number of anilines is 1. The van der Waals surface area contributed by atoms with Crippen LogP contribution in [0, 0.1) is 24.1 Å². The van der Waals surface area contributed by atoms with E-state index in [0.717, 1.165) is 28.6 Å². The molecule has 0 bridgehead atoms. The molecule has 2 N–H and O–H groups in total. The normalized spacial score (nSPS) is 11.3. The van der Waals surface area contributed by atoms with E-state index < -0.39 is 15.8 Å². The van der Waals surface area contributed by atoms with Crippen molar-refractivity contribution in [2.75, 3.05) is 18.4 Å². The predicted octanol–water partition coefficient (Wildman–Crippen LogP) is 3.33. The minimum atomic E-state index is -3.68. The molecule has 0 radical (unpaired) electrons. The van der Waals surface area contributed by atoms with E-state index >= 15 is 0 Å². The highest BCUT2D eigenvalue weighted by Gasteiger charge is 2.13. The highest BCUT2D eigenvalue weighted by Crippen LogP contribution is 2.21. The van der Waals surface area contributed by atoms with Crippen LogP contribution in [0.15, 0.2) is 53.4 Å². The van der Waals surface area contributed by atoms with Gasteiger partial charge in [-0.15, -0.1) is 0 Å². The number of hydrogen-bond donors (Lipinski definition) is 2. The summed E-state index contributed by atoms with van der Waals surface area (Å²) in [6, 6.07) is 14.4. The van der Waals surface area contributed by atoms with Crippen molar-refractivity contribution >= 4 is 26.7 Å². The second-order valence-corrected chi connectivity index (χ2v) is 8.09. The topological polar surface area (TPSA) is 94.9 Å². The van der Waals surface area contributed by atoms with E-state index in [1.54, 1.807) is 6.07 Å². The summed E-state index contributed by atoms with van der Waals surface area (Å²) in [5, 5.41) is 13.3. The van der Waals surface area contributed by atoms with Crippen molar-refractivity contribution in [3.8, 4) is 6.07 Å². The average Bonchev–Trinajstić information content (AvgIpc) is 2.67. The lowest BCUT2D eigenvalue weighted by Crippen LogP contribution is -2.26. The van der Waals surface area contributed by atoms with E-state index in [-0.39, 0.29) is 11.4 Å². The molecule has 0 aliphatic rings. The fourth-order valence-electron chi connectivity index (χ4n) is 2.71. The number of aryl methyl sites for hydroxylation is 1. The zero-order valence-corrected chi connectivity index (χ0v) is 16.1. The Labute approximate surface area is 163 Å². The zero-order chi connectivity index (χ0) is 20.1. The van der Waals surface area contributed by atoms with Gasteiger partial charge in [0.2, 0.25) is 10.0 Å². The lowest BCUT2D eigenvalue weighted by atomic mass is 10.1. The number of pyridine rings is 1. The first kappa shape index (κ1) is 19.7. The molecule has 6 nitrogen and oxygen atoms in total. The van der Waals surface area contributed by atoms with E-state index in [0.29, 0.717) is 24.3 Å². The van der Waals surface area contributed by atoms with Crippen LogP contribution in [-0.2, 0) is 10.0 Å². The molecule has 3 rings (SSSR count). The van der Waals surface area contributed by atoms with Crippen molar-refractivity contribution in [3.63, 3.8) is 0 Å². The monoisotopic (exact) mass is 398 g/mol. The number of nitrogens with zero attached hydrogens (tertiary/aromatic N) is 2. The van der Waals surface area contributed by atoms with Crippen molar-refractivity contribution in [1.29, 1.82) is 5.26 Å². The first-order valence-corrected chi connectivity index (χ1v) is 10.2. The van der Waals surface area contributed by atoms with E-state index in [2.05, 4.69) is 21.1 Å². The van der Waals surface area contributed by atoms with Crippen LogP contribution in [0.25, 0.3) is 10.9 Å². The Morgan fingerprint density at radius 2 is 1.86 bits per heavy atom. The summed E-state index contributed by atoms with van der Waals surface area (Å²) >= 11 is 0. The average molecular weight is 398 g/mol. The van der Waals surface area contributed by atoms with Crippen LogP contribution < -0.4 is 10.0 Å². The molecule has 8 heteroatoms. The van der Waals surface area contributed by atoms with E-state index in [9.17, 15) is 18.1 Å². The molecule has 2 aromatic carbocycles. The van der Waals surface area contributed by atoms with E-state index in [1.807, 2.05) is 25.1 Å². The molecule has 0 amide bonds.